The predicted molar refractivity (Wildman–Crippen MR) is 117 cm³/mol. The Labute approximate surface area is 177 Å². The molecule has 1 fully saturated rings. The largest absolute Gasteiger partial charge is 0.497 e. The molecule has 144 valence electrons. The molecule has 1 atom stereocenters. The van der Waals surface area contributed by atoms with Gasteiger partial charge in [-0.2, -0.15) is 0 Å². The summed E-state index contributed by atoms with van der Waals surface area (Å²) >= 11 is 9.31. The highest BCUT2D eigenvalue weighted by atomic mass is 35.5. The van der Waals surface area contributed by atoms with Gasteiger partial charge < -0.3 is 4.74 Å². The fraction of sp³-hybridized carbons (Fsp3) is 0.238. The van der Waals surface area contributed by atoms with Crippen LogP contribution in [-0.4, -0.2) is 23.8 Å². The molecule has 0 saturated carbocycles. The molecule has 0 radical (unpaired) electrons. The number of thiazole rings is 1. The molecule has 28 heavy (non-hydrogen) atoms. The Hall–Kier alpha value is -2.02. The summed E-state index contributed by atoms with van der Waals surface area (Å²) in [5.74, 6) is 1.37. The maximum absolute atomic E-state index is 12.6. The third-order valence-corrected chi connectivity index (χ3v) is 7.38. The average molecular weight is 431 g/mol. The molecule has 2 heterocycles. The molecule has 2 aromatic carbocycles. The van der Waals surface area contributed by atoms with Gasteiger partial charge in [-0.3, -0.25) is 9.69 Å². The van der Waals surface area contributed by atoms with Crippen molar-refractivity contribution in [1.82, 2.24) is 4.98 Å². The standard InChI is InChI=1S/C21H19ClN2O2S2/c1-13-20(28-18(23-13)11-14-3-5-15(22)6-4-14)21-24(19(25)12-27-21)16-7-9-17(26-2)10-8-16/h3-10,21H,11-12H2,1-2H3. The van der Waals surface area contributed by atoms with E-state index in [1.165, 1.54) is 5.56 Å². The number of aromatic nitrogens is 1. The molecule has 1 unspecified atom stereocenters. The van der Waals surface area contributed by atoms with Gasteiger partial charge in [0.05, 0.1) is 28.4 Å². The second-order valence-corrected chi connectivity index (χ2v) is 9.11. The van der Waals surface area contributed by atoms with Gasteiger partial charge in [0, 0.05) is 17.1 Å². The molecule has 3 aromatic rings. The average Bonchev–Trinajstić information content (AvgIpc) is 3.25. The summed E-state index contributed by atoms with van der Waals surface area (Å²) in [7, 11) is 1.64. The number of carbonyl (C=O) groups is 1. The molecular weight excluding hydrogens is 412 g/mol. The predicted octanol–water partition coefficient (Wildman–Crippen LogP) is 5.48. The zero-order valence-electron chi connectivity index (χ0n) is 15.5. The number of rotatable bonds is 5. The minimum Gasteiger partial charge on any atom is -0.497 e. The summed E-state index contributed by atoms with van der Waals surface area (Å²) in [6, 6.07) is 15.5. The zero-order chi connectivity index (χ0) is 19.7. The number of benzene rings is 2. The molecule has 4 rings (SSSR count). The van der Waals surface area contributed by atoms with Gasteiger partial charge in [-0.1, -0.05) is 23.7 Å². The van der Waals surface area contributed by atoms with E-state index in [1.54, 1.807) is 30.2 Å². The molecule has 1 aliphatic rings. The van der Waals surface area contributed by atoms with Crippen LogP contribution in [-0.2, 0) is 11.2 Å². The van der Waals surface area contributed by atoms with Crippen LogP contribution in [0.4, 0.5) is 5.69 Å². The lowest BCUT2D eigenvalue weighted by atomic mass is 10.2. The number of carbonyl (C=O) groups excluding carboxylic acids is 1. The van der Waals surface area contributed by atoms with E-state index >= 15 is 0 Å². The minimum absolute atomic E-state index is 0.0441. The van der Waals surface area contributed by atoms with Gasteiger partial charge in [0.25, 0.3) is 0 Å². The van der Waals surface area contributed by atoms with Crippen LogP contribution in [0.15, 0.2) is 48.5 Å². The number of amides is 1. The van der Waals surface area contributed by atoms with E-state index in [2.05, 4.69) is 0 Å². The van der Waals surface area contributed by atoms with Gasteiger partial charge in [0.1, 0.15) is 11.1 Å². The van der Waals surface area contributed by atoms with Gasteiger partial charge in [-0.15, -0.1) is 23.1 Å². The summed E-state index contributed by atoms with van der Waals surface area (Å²) in [5.41, 5.74) is 3.04. The highest BCUT2D eigenvalue weighted by Gasteiger charge is 2.36. The molecule has 0 spiro atoms. The lowest BCUT2D eigenvalue weighted by molar-refractivity contribution is -0.115. The lowest BCUT2D eigenvalue weighted by Crippen LogP contribution is -2.27. The molecule has 0 N–H and O–H groups in total. The highest BCUT2D eigenvalue weighted by Crippen LogP contribution is 2.45. The van der Waals surface area contributed by atoms with Gasteiger partial charge in [0.15, 0.2) is 0 Å². The van der Waals surface area contributed by atoms with Crippen LogP contribution in [0, 0.1) is 6.92 Å². The van der Waals surface area contributed by atoms with Crippen LogP contribution < -0.4 is 9.64 Å². The van der Waals surface area contributed by atoms with E-state index in [0.29, 0.717) is 5.75 Å². The van der Waals surface area contributed by atoms with E-state index in [1.807, 2.05) is 60.4 Å². The van der Waals surface area contributed by atoms with Gasteiger partial charge in [-0.05, 0) is 48.9 Å². The highest BCUT2D eigenvalue weighted by molar-refractivity contribution is 8.01. The van der Waals surface area contributed by atoms with Gasteiger partial charge in [-0.25, -0.2) is 4.98 Å². The molecule has 0 bridgehead atoms. The Kier molecular flexibility index (Phi) is 5.62. The molecule has 4 nitrogen and oxygen atoms in total. The summed E-state index contributed by atoms with van der Waals surface area (Å²) in [5, 5.41) is 1.73. The van der Waals surface area contributed by atoms with Crippen molar-refractivity contribution in [3.63, 3.8) is 0 Å². The molecule has 1 saturated heterocycles. The molecule has 7 heteroatoms. The number of aryl methyl sites for hydroxylation is 1. The number of thioether (sulfide) groups is 1. The van der Waals surface area contributed by atoms with Crippen molar-refractivity contribution in [2.75, 3.05) is 17.8 Å². The summed E-state index contributed by atoms with van der Waals surface area (Å²) in [4.78, 5) is 20.4. The van der Waals surface area contributed by atoms with Crippen molar-refractivity contribution in [3.05, 3.63) is 74.7 Å². The first-order valence-corrected chi connectivity index (χ1v) is 11.1. The normalized spacial score (nSPS) is 16.6. The van der Waals surface area contributed by atoms with Gasteiger partial charge >= 0.3 is 0 Å². The number of nitrogens with zero attached hydrogens (tertiary/aromatic N) is 2. The maximum atomic E-state index is 12.6. The molecular formula is C21H19ClN2O2S2. The Bertz CT molecular complexity index is 987. The second-order valence-electron chi connectivity index (χ2n) is 6.49. The molecule has 1 amide bonds. The Balaban J connectivity index is 1.60. The van der Waals surface area contributed by atoms with Crippen LogP contribution in [0.2, 0.25) is 5.02 Å². The van der Waals surface area contributed by atoms with Crippen molar-refractivity contribution in [2.45, 2.75) is 18.7 Å². The van der Waals surface area contributed by atoms with Crippen molar-refractivity contribution >= 4 is 46.3 Å². The van der Waals surface area contributed by atoms with Crippen LogP contribution >= 0.6 is 34.7 Å². The number of hydrogen-bond donors (Lipinski definition) is 0. The van der Waals surface area contributed by atoms with Crippen molar-refractivity contribution in [2.24, 2.45) is 0 Å². The Morgan fingerprint density at radius 2 is 1.89 bits per heavy atom. The minimum atomic E-state index is -0.0441. The van der Waals surface area contributed by atoms with Crippen LogP contribution in [0.1, 0.15) is 26.5 Å². The summed E-state index contributed by atoms with van der Waals surface area (Å²) < 4.78 is 5.23. The fourth-order valence-electron chi connectivity index (χ4n) is 3.19. The zero-order valence-corrected chi connectivity index (χ0v) is 17.9. The Morgan fingerprint density at radius 1 is 1.18 bits per heavy atom. The smallest absolute Gasteiger partial charge is 0.238 e. The van der Waals surface area contributed by atoms with Crippen LogP contribution in [0.3, 0.4) is 0 Å². The van der Waals surface area contributed by atoms with E-state index in [-0.39, 0.29) is 11.3 Å². The van der Waals surface area contributed by atoms with E-state index < -0.39 is 0 Å². The van der Waals surface area contributed by atoms with Gasteiger partial charge in [0.2, 0.25) is 5.91 Å². The number of anilines is 1. The number of ether oxygens (including phenoxy) is 1. The third-order valence-electron chi connectivity index (χ3n) is 4.59. The molecule has 0 aliphatic carbocycles. The second kappa shape index (κ2) is 8.15. The quantitative estimate of drug-likeness (QED) is 0.537. The monoisotopic (exact) mass is 430 g/mol. The fourth-order valence-corrected chi connectivity index (χ4v) is 5.89. The first kappa shape index (κ1) is 19.3. The van der Waals surface area contributed by atoms with E-state index in [9.17, 15) is 4.79 Å². The third kappa shape index (κ3) is 3.90. The number of hydrogen-bond acceptors (Lipinski definition) is 5. The lowest BCUT2D eigenvalue weighted by Gasteiger charge is -2.23. The van der Waals surface area contributed by atoms with E-state index in [4.69, 9.17) is 21.3 Å². The SMILES string of the molecule is COc1ccc(N2C(=O)CSC2c2sc(Cc3ccc(Cl)cc3)nc2C)cc1. The number of halogens is 1. The number of methoxy groups -OCH3 is 1. The van der Waals surface area contributed by atoms with Crippen molar-refractivity contribution < 1.29 is 9.53 Å². The topological polar surface area (TPSA) is 42.4 Å². The summed E-state index contributed by atoms with van der Waals surface area (Å²) in [6.45, 7) is 2.02. The van der Waals surface area contributed by atoms with Crippen molar-refractivity contribution in [3.8, 4) is 5.75 Å². The maximum Gasteiger partial charge on any atom is 0.238 e. The molecule has 1 aliphatic heterocycles. The van der Waals surface area contributed by atoms with E-state index in [0.717, 1.165) is 38.5 Å². The van der Waals surface area contributed by atoms with Crippen LogP contribution in [0.25, 0.3) is 0 Å². The Morgan fingerprint density at radius 3 is 2.57 bits per heavy atom. The van der Waals surface area contributed by atoms with Crippen molar-refractivity contribution in [1.29, 1.82) is 0 Å². The summed E-state index contributed by atoms with van der Waals surface area (Å²) in [6.07, 6.45) is 0.760. The first-order valence-electron chi connectivity index (χ1n) is 8.83. The molecule has 1 aromatic heterocycles. The first-order chi connectivity index (χ1) is 13.5. The van der Waals surface area contributed by atoms with Crippen LogP contribution in [0.5, 0.6) is 5.75 Å².